The van der Waals surface area contributed by atoms with Crippen LogP contribution in [-0.4, -0.2) is 71.3 Å². The lowest BCUT2D eigenvalue weighted by Gasteiger charge is -2.44. The van der Waals surface area contributed by atoms with Gasteiger partial charge in [0.2, 0.25) is 0 Å². The molecule has 3 rings (SSSR count). The van der Waals surface area contributed by atoms with Gasteiger partial charge in [-0.1, -0.05) is 30.3 Å². The molecule has 2 amide bonds. The van der Waals surface area contributed by atoms with E-state index >= 15 is 0 Å². The van der Waals surface area contributed by atoms with Crippen LogP contribution < -0.4 is 0 Å². The first kappa shape index (κ1) is 20.6. The normalized spacial score (nSPS) is 31.0. The van der Waals surface area contributed by atoms with E-state index in [1.54, 1.807) is 13.8 Å². The SMILES string of the molecule is CO[C@@H]1O[C@H](COCc2ccccc2)[C@@H](O)[C@@H](O)[C@H]1N1C(=O)C(C)=C(C)C1=O. The Morgan fingerprint density at radius 2 is 1.64 bits per heavy atom. The largest absolute Gasteiger partial charge is 0.388 e. The molecule has 0 aliphatic carbocycles. The maximum Gasteiger partial charge on any atom is 0.257 e. The number of imide groups is 1. The Morgan fingerprint density at radius 1 is 1.04 bits per heavy atom. The number of methoxy groups -OCH3 is 1. The first-order valence-corrected chi connectivity index (χ1v) is 9.08. The van der Waals surface area contributed by atoms with Crippen molar-refractivity contribution >= 4 is 11.8 Å². The van der Waals surface area contributed by atoms with Crippen LogP contribution in [-0.2, 0) is 30.4 Å². The Morgan fingerprint density at radius 3 is 2.21 bits per heavy atom. The fraction of sp³-hybridized carbons (Fsp3) is 0.500. The van der Waals surface area contributed by atoms with Crippen molar-refractivity contribution in [2.45, 2.75) is 51.1 Å². The molecule has 0 saturated carbocycles. The average Bonchev–Trinajstić information content (AvgIpc) is 2.89. The van der Waals surface area contributed by atoms with Crippen molar-refractivity contribution in [3.8, 4) is 0 Å². The molecule has 0 bridgehead atoms. The number of ether oxygens (including phenoxy) is 3. The zero-order valence-corrected chi connectivity index (χ0v) is 16.1. The van der Waals surface area contributed by atoms with Crippen LogP contribution in [0.15, 0.2) is 41.5 Å². The van der Waals surface area contributed by atoms with Crippen molar-refractivity contribution in [3.63, 3.8) is 0 Å². The van der Waals surface area contributed by atoms with Gasteiger partial charge < -0.3 is 24.4 Å². The Kier molecular flexibility index (Phi) is 6.26. The minimum absolute atomic E-state index is 0.0118. The highest BCUT2D eigenvalue weighted by atomic mass is 16.7. The second kappa shape index (κ2) is 8.50. The number of hydrogen-bond donors (Lipinski definition) is 2. The summed E-state index contributed by atoms with van der Waals surface area (Å²) in [6.45, 7) is 3.42. The summed E-state index contributed by atoms with van der Waals surface area (Å²) in [6, 6.07) is 8.34. The minimum atomic E-state index is -1.43. The molecule has 8 heteroatoms. The molecule has 2 aliphatic rings. The summed E-state index contributed by atoms with van der Waals surface area (Å²) in [5.74, 6) is -1.05. The molecule has 2 heterocycles. The maximum atomic E-state index is 12.5. The summed E-state index contributed by atoms with van der Waals surface area (Å²) >= 11 is 0. The van der Waals surface area contributed by atoms with Crippen molar-refractivity contribution in [2.24, 2.45) is 0 Å². The first-order chi connectivity index (χ1) is 13.4. The summed E-state index contributed by atoms with van der Waals surface area (Å²) in [4.78, 5) is 25.8. The van der Waals surface area contributed by atoms with Crippen LogP contribution >= 0.6 is 0 Å². The van der Waals surface area contributed by atoms with E-state index in [9.17, 15) is 19.8 Å². The zero-order chi connectivity index (χ0) is 20.4. The van der Waals surface area contributed by atoms with Crippen LogP contribution in [0.2, 0.25) is 0 Å². The Balaban J connectivity index is 1.69. The van der Waals surface area contributed by atoms with Crippen molar-refractivity contribution in [2.75, 3.05) is 13.7 Å². The fourth-order valence-corrected chi connectivity index (χ4v) is 3.44. The molecule has 28 heavy (non-hydrogen) atoms. The van der Waals surface area contributed by atoms with Crippen LogP contribution in [0.3, 0.4) is 0 Å². The second-order valence-electron chi connectivity index (χ2n) is 6.98. The number of amides is 2. The van der Waals surface area contributed by atoms with Gasteiger partial charge in [0.15, 0.2) is 6.29 Å². The third-order valence-electron chi connectivity index (χ3n) is 5.23. The van der Waals surface area contributed by atoms with Crippen molar-refractivity contribution in [1.29, 1.82) is 0 Å². The number of carbonyl (C=O) groups excluding carboxylic acids is 2. The maximum absolute atomic E-state index is 12.5. The molecule has 8 nitrogen and oxygen atoms in total. The van der Waals surface area contributed by atoms with Crippen molar-refractivity contribution in [1.82, 2.24) is 4.90 Å². The van der Waals surface area contributed by atoms with Gasteiger partial charge >= 0.3 is 0 Å². The highest BCUT2D eigenvalue weighted by molar-refractivity contribution is 6.19. The molecule has 0 unspecified atom stereocenters. The Hall–Kier alpha value is -2.10. The molecule has 1 saturated heterocycles. The van der Waals surface area contributed by atoms with Crippen LogP contribution in [0.25, 0.3) is 0 Å². The molecular formula is C20H25NO7. The fourth-order valence-electron chi connectivity index (χ4n) is 3.44. The lowest BCUT2D eigenvalue weighted by Crippen LogP contribution is -2.65. The van der Waals surface area contributed by atoms with Crippen LogP contribution in [0, 0.1) is 0 Å². The number of rotatable bonds is 6. The lowest BCUT2D eigenvalue weighted by molar-refractivity contribution is -0.278. The van der Waals surface area contributed by atoms with Crippen LogP contribution in [0.5, 0.6) is 0 Å². The number of hydrogen-bond acceptors (Lipinski definition) is 7. The van der Waals surface area contributed by atoms with E-state index in [1.807, 2.05) is 30.3 Å². The van der Waals surface area contributed by atoms with Crippen molar-refractivity contribution < 1.29 is 34.0 Å². The van der Waals surface area contributed by atoms with Gasteiger partial charge in [0.1, 0.15) is 24.4 Å². The molecule has 0 radical (unpaired) electrons. The number of nitrogens with zero attached hydrogens (tertiary/aromatic N) is 1. The number of benzene rings is 1. The smallest absolute Gasteiger partial charge is 0.257 e. The highest BCUT2D eigenvalue weighted by Gasteiger charge is 2.52. The van der Waals surface area contributed by atoms with Gasteiger partial charge in [-0.05, 0) is 19.4 Å². The van der Waals surface area contributed by atoms with Gasteiger partial charge in [0.05, 0.1) is 13.2 Å². The predicted molar refractivity (Wildman–Crippen MR) is 97.8 cm³/mol. The molecule has 1 aromatic rings. The monoisotopic (exact) mass is 391 g/mol. The highest BCUT2D eigenvalue weighted by Crippen LogP contribution is 2.31. The van der Waals surface area contributed by atoms with Gasteiger partial charge in [-0.2, -0.15) is 0 Å². The predicted octanol–water partition coefficient (Wildman–Crippen LogP) is 0.370. The summed E-state index contributed by atoms with van der Waals surface area (Å²) in [7, 11) is 1.35. The molecule has 0 spiro atoms. The Labute approximate surface area is 163 Å². The van der Waals surface area contributed by atoms with E-state index in [-0.39, 0.29) is 6.61 Å². The number of aliphatic hydroxyl groups is 2. The standard InChI is InChI=1S/C20H25NO7/c1-11-12(2)19(25)21(18(11)24)15-17(23)16(22)14(28-20(15)26-3)10-27-9-13-7-5-4-6-8-13/h4-8,14-17,20,22-23H,9-10H2,1-3H3/t14-,15-,16-,17+,20-/m1/s1. The van der Waals surface area contributed by atoms with Gasteiger partial charge in [0.25, 0.3) is 11.8 Å². The minimum Gasteiger partial charge on any atom is -0.388 e. The van der Waals surface area contributed by atoms with E-state index in [1.165, 1.54) is 7.11 Å². The first-order valence-electron chi connectivity index (χ1n) is 9.08. The van der Waals surface area contributed by atoms with E-state index < -0.39 is 42.5 Å². The van der Waals surface area contributed by atoms with E-state index in [4.69, 9.17) is 14.2 Å². The van der Waals surface area contributed by atoms with Gasteiger partial charge in [0, 0.05) is 18.3 Å². The molecule has 152 valence electrons. The summed E-state index contributed by atoms with van der Waals surface area (Å²) in [5.41, 5.74) is 1.56. The third-order valence-corrected chi connectivity index (χ3v) is 5.23. The summed E-state index contributed by atoms with van der Waals surface area (Å²) < 4.78 is 16.6. The molecule has 0 aromatic heterocycles. The number of aliphatic hydroxyl groups excluding tert-OH is 2. The second-order valence-corrected chi connectivity index (χ2v) is 6.98. The van der Waals surface area contributed by atoms with Crippen LogP contribution in [0.1, 0.15) is 19.4 Å². The molecule has 5 atom stereocenters. The molecule has 2 N–H and O–H groups in total. The molecule has 1 fully saturated rings. The van der Waals surface area contributed by atoms with Gasteiger partial charge in [-0.25, -0.2) is 0 Å². The summed E-state index contributed by atoms with van der Waals surface area (Å²) in [6.07, 6.45) is -4.75. The topological polar surface area (TPSA) is 106 Å². The van der Waals surface area contributed by atoms with E-state index in [2.05, 4.69) is 0 Å². The zero-order valence-electron chi connectivity index (χ0n) is 16.1. The Bertz CT molecular complexity index is 737. The molecule has 2 aliphatic heterocycles. The number of carbonyl (C=O) groups is 2. The van der Waals surface area contributed by atoms with E-state index in [0.29, 0.717) is 17.8 Å². The quantitative estimate of drug-likeness (QED) is 0.675. The van der Waals surface area contributed by atoms with Crippen LogP contribution in [0.4, 0.5) is 0 Å². The van der Waals surface area contributed by atoms with Gasteiger partial charge in [-0.15, -0.1) is 0 Å². The third kappa shape index (κ3) is 3.74. The van der Waals surface area contributed by atoms with Gasteiger partial charge in [-0.3, -0.25) is 14.5 Å². The van der Waals surface area contributed by atoms with Crippen molar-refractivity contribution in [3.05, 3.63) is 47.0 Å². The lowest BCUT2D eigenvalue weighted by atomic mass is 9.95. The summed E-state index contributed by atoms with van der Waals surface area (Å²) in [5, 5.41) is 21.2. The van der Waals surface area contributed by atoms with E-state index in [0.717, 1.165) is 10.5 Å². The molecule has 1 aromatic carbocycles. The average molecular weight is 391 g/mol. The molecular weight excluding hydrogens is 366 g/mol.